The molecule has 0 fully saturated rings. The van der Waals surface area contributed by atoms with E-state index in [-0.39, 0.29) is 5.91 Å². The van der Waals surface area contributed by atoms with Gasteiger partial charge in [-0.15, -0.1) is 0 Å². The molecule has 110 valence electrons. The predicted molar refractivity (Wildman–Crippen MR) is 83.7 cm³/mol. The summed E-state index contributed by atoms with van der Waals surface area (Å²) in [5, 5.41) is 0. The second-order valence-corrected chi connectivity index (χ2v) is 5.13. The highest BCUT2D eigenvalue weighted by atomic mass is 16.2. The summed E-state index contributed by atoms with van der Waals surface area (Å²) in [7, 11) is 1.79. The number of rotatable bonds is 6. The average Bonchev–Trinajstić information content (AvgIpc) is 2.53. The third kappa shape index (κ3) is 4.68. The number of hydrogen-bond donors (Lipinski definition) is 1. The molecule has 0 spiro atoms. The van der Waals surface area contributed by atoms with Gasteiger partial charge in [0.25, 0.3) is 0 Å². The lowest BCUT2D eigenvalue weighted by Crippen LogP contribution is -2.43. The summed E-state index contributed by atoms with van der Waals surface area (Å²) < 4.78 is 0. The first-order valence-electron chi connectivity index (χ1n) is 7.11. The largest absolute Gasteiger partial charge is 0.344 e. The molecular weight excluding hydrogens is 262 g/mol. The number of pyridine rings is 1. The van der Waals surface area contributed by atoms with E-state index >= 15 is 0 Å². The lowest BCUT2D eigenvalue weighted by atomic mass is 10.1. The van der Waals surface area contributed by atoms with Crippen molar-refractivity contribution in [3.8, 4) is 0 Å². The number of benzene rings is 1. The van der Waals surface area contributed by atoms with E-state index < -0.39 is 6.04 Å². The predicted octanol–water partition coefficient (Wildman–Crippen LogP) is 1.65. The molecule has 0 saturated carbocycles. The summed E-state index contributed by atoms with van der Waals surface area (Å²) in [6, 6.07) is 15.1. The molecule has 0 bridgehead atoms. The maximum absolute atomic E-state index is 12.2. The second-order valence-electron chi connectivity index (χ2n) is 5.13. The van der Waals surface area contributed by atoms with Crippen LogP contribution in [0.1, 0.15) is 11.3 Å². The molecule has 21 heavy (non-hydrogen) atoms. The van der Waals surface area contributed by atoms with E-state index in [1.807, 2.05) is 48.5 Å². The summed E-state index contributed by atoms with van der Waals surface area (Å²) in [5.41, 5.74) is 8.07. The van der Waals surface area contributed by atoms with Gasteiger partial charge in [-0.05, 0) is 24.1 Å². The molecule has 2 rings (SSSR count). The smallest absolute Gasteiger partial charge is 0.239 e. The summed E-state index contributed by atoms with van der Waals surface area (Å²) >= 11 is 0. The summed E-state index contributed by atoms with van der Waals surface area (Å²) in [6.07, 6.45) is 3.06. The molecule has 1 unspecified atom stereocenters. The number of nitrogens with zero attached hydrogens (tertiary/aromatic N) is 2. The molecule has 1 atom stereocenters. The molecule has 4 heteroatoms. The van der Waals surface area contributed by atoms with Crippen LogP contribution in [0.25, 0.3) is 0 Å². The molecular formula is C17H21N3O. The van der Waals surface area contributed by atoms with Crippen molar-refractivity contribution in [1.29, 1.82) is 0 Å². The monoisotopic (exact) mass is 283 g/mol. The number of likely N-dealkylation sites (N-methyl/N-ethyl adjacent to an activating group) is 1. The van der Waals surface area contributed by atoms with Crippen molar-refractivity contribution < 1.29 is 4.79 Å². The lowest BCUT2D eigenvalue weighted by molar-refractivity contribution is -0.131. The highest BCUT2D eigenvalue weighted by molar-refractivity contribution is 5.81. The highest BCUT2D eigenvalue weighted by Crippen LogP contribution is 2.04. The van der Waals surface area contributed by atoms with Gasteiger partial charge in [0, 0.05) is 31.9 Å². The van der Waals surface area contributed by atoms with Gasteiger partial charge in [-0.3, -0.25) is 9.78 Å². The van der Waals surface area contributed by atoms with Gasteiger partial charge >= 0.3 is 0 Å². The van der Waals surface area contributed by atoms with Crippen LogP contribution in [0.4, 0.5) is 0 Å². The third-order valence-electron chi connectivity index (χ3n) is 3.42. The Balaban J connectivity index is 1.84. The minimum atomic E-state index is -0.499. The Kier molecular flexibility index (Phi) is 5.46. The van der Waals surface area contributed by atoms with Crippen LogP contribution in [0.2, 0.25) is 0 Å². The van der Waals surface area contributed by atoms with E-state index in [1.165, 1.54) is 0 Å². The Morgan fingerprint density at radius 3 is 2.57 bits per heavy atom. The molecule has 1 heterocycles. The topological polar surface area (TPSA) is 59.2 Å². The Morgan fingerprint density at radius 1 is 1.19 bits per heavy atom. The molecule has 0 aliphatic rings. The minimum absolute atomic E-state index is 0.0326. The van der Waals surface area contributed by atoms with E-state index in [4.69, 9.17) is 5.73 Å². The van der Waals surface area contributed by atoms with Crippen molar-refractivity contribution in [3.05, 3.63) is 66.0 Å². The number of carbonyl (C=O) groups is 1. The lowest BCUT2D eigenvalue weighted by Gasteiger charge is -2.21. The quantitative estimate of drug-likeness (QED) is 0.877. The van der Waals surface area contributed by atoms with E-state index in [0.29, 0.717) is 13.0 Å². The van der Waals surface area contributed by atoms with Crippen molar-refractivity contribution in [2.45, 2.75) is 18.9 Å². The van der Waals surface area contributed by atoms with Gasteiger partial charge in [0.1, 0.15) is 0 Å². The normalized spacial score (nSPS) is 11.9. The maximum Gasteiger partial charge on any atom is 0.239 e. The van der Waals surface area contributed by atoms with Crippen LogP contribution in [0.15, 0.2) is 54.7 Å². The Morgan fingerprint density at radius 2 is 1.90 bits per heavy atom. The molecule has 1 aromatic heterocycles. The number of hydrogen-bond acceptors (Lipinski definition) is 3. The maximum atomic E-state index is 12.2. The fraction of sp³-hybridized carbons (Fsp3) is 0.294. The summed E-state index contributed by atoms with van der Waals surface area (Å²) in [4.78, 5) is 18.2. The molecule has 0 radical (unpaired) electrons. The first-order valence-corrected chi connectivity index (χ1v) is 7.11. The van der Waals surface area contributed by atoms with Crippen molar-refractivity contribution in [2.75, 3.05) is 13.6 Å². The van der Waals surface area contributed by atoms with E-state index in [2.05, 4.69) is 4.98 Å². The van der Waals surface area contributed by atoms with Gasteiger partial charge < -0.3 is 10.6 Å². The molecule has 1 amide bonds. The van der Waals surface area contributed by atoms with Gasteiger partial charge in [-0.25, -0.2) is 0 Å². The van der Waals surface area contributed by atoms with Crippen LogP contribution in [0.3, 0.4) is 0 Å². The van der Waals surface area contributed by atoms with Gasteiger partial charge in [0.15, 0.2) is 0 Å². The summed E-state index contributed by atoms with van der Waals surface area (Å²) in [5.74, 6) is -0.0326. The number of nitrogens with two attached hydrogens (primary N) is 1. The van der Waals surface area contributed by atoms with Crippen molar-refractivity contribution in [2.24, 2.45) is 5.73 Å². The van der Waals surface area contributed by atoms with Gasteiger partial charge in [-0.1, -0.05) is 36.4 Å². The zero-order valence-electron chi connectivity index (χ0n) is 12.3. The minimum Gasteiger partial charge on any atom is -0.344 e. The number of carbonyl (C=O) groups excluding carboxylic acids is 1. The van der Waals surface area contributed by atoms with Crippen LogP contribution in [0, 0.1) is 0 Å². The molecule has 1 aromatic carbocycles. The van der Waals surface area contributed by atoms with E-state index in [0.717, 1.165) is 17.7 Å². The molecule has 0 aliphatic heterocycles. The zero-order chi connectivity index (χ0) is 15.1. The zero-order valence-corrected chi connectivity index (χ0v) is 12.3. The van der Waals surface area contributed by atoms with Crippen LogP contribution < -0.4 is 5.73 Å². The summed E-state index contributed by atoms with van der Waals surface area (Å²) in [6.45, 7) is 0.623. The van der Waals surface area contributed by atoms with Gasteiger partial charge in [0.2, 0.25) is 5.91 Å². The van der Waals surface area contributed by atoms with Crippen molar-refractivity contribution in [1.82, 2.24) is 9.88 Å². The standard InChI is InChI=1S/C17H21N3O/c1-20(12-10-15-9-5-6-11-19-15)17(21)16(18)13-14-7-3-2-4-8-14/h2-9,11,16H,10,12-13,18H2,1H3. The van der Waals surface area contributed by atoms with Gasteiger partial charge in [-0.2, -0.15) is 0 Å². The van der Waals surface area contributed by atoms with Crippen LogP contribution >= 0.6 is 0 Å². The first kappa shape index (κ1) is 15.2. The number of aromatic nitrogens is 1. The van der Waals surface area contributed by atoms with Crippen LogP contribution in [-0.4, -0.2) is 35.4 Å². The Bertz CT molecular complexity index is 557. The van der Waals surface area contributed by atoms with Crippen molar-refractivity contribution in [3.63, 3.8) is 0 Å². The number of amides is 1. The molecule has 0 saturated heterocycles. The third-order valence-corrected chi connectivity index (χ3v) is 3.42. The van der Waals surface area contributed by atoms with Crippen LogP contribution in [0.5, 0.6) is 0 Å². The SMILES string of the molecule is CN(CCc1ccccn1)C(=O)C(N)Cc1ccccc1. The molecule has 4 nitrogen and oxygen atoms in total. The molecule has 2 N–H and O–H groups in total. The van der Waals surface area contributed by atoms with Crippen LogP contribution in [-0.2, 0) is 17.6 Å². The second kappa shape index (κ2) is 7.55. The Labute approximate surface area is 125 Å². The molecule has 0 aliphatic carbocycles. The van der Waals surface area contributed by atoms with E-state index in [9.17, 15) is 4.79 Å². The van der Waals surface area contributed by atoms with Crippen molar-refractivity contribution >= 4 is 5.91 Å². The van der Waals surface area contributed by atoms with Gasteiger partial charge in [0.05, 0.1) is 6.04 Å². The average molecular weight is 283 g/mol. The highest BCUT2D eigenvalue weighted by Gasteiger charge is 2.18. The fourth-order valence-corrected chi connectivity index (χ4v) is 2.18. The fourth-order valence-electron chi connectivity index (χ4n) is 2.18. The van der Waals surface area contributed by atoms with E-state index in [1.54, 1.807) is 18.1 Å². The molecule has 2 aromatic rings. The first-order chi connectivity index (χ1) is 10.2. The Hall–Kier alpha value is -2.20.